The first-order chi connectivity index (χ1) is 10.4. The fraction of sp³-hybridized carbons (Fsp3) is 1.00. The summed E-state index contributed by atoms with van der Waals surface area (Å²) in [6, 6.07) is 0.621. The van der Waals surface area contributed by atoms with Crippen molar-refractivity contribution in [3.05, 3.63) is 0 Å². The normalized spacial score (nSPS) is 38.2. The van der Waals surface area contributed by atoms with Gasteiger partial charge in [0.15, 0.2) is 0 Å². The molecular formula is C18H33NO3. The largest absolute Gasteiger partial charge is 0.389 e. The van der Waals surface area contributed by atoms with Crippen LogP contribution in [0.5, 0.6) is 0 Å². The Labute approximate surface area is 134 Å². The summed E-state index contributed by atoms with van der Waals surface area (Å²) < 4.78 is 10.9. The second-order valence-corrected chi connectivity index (χ2v) is 8.43. The molecule has 2 saturated carbocycles. The van der Waals surface area contributed by atoms with Crippen LogP contribution in [0.1, 0.15) is 52.4 Å². The van der Waals surface area contributed by atoms with E-state index in [4.69, 9.17) is 9.47 Å². The molecule has 3 aliphatic rings. The van der Waals surface area contributed by atoms with Gasteiger partial charge in [0.1, 0.15) is 0 Å². The van der Waals surface area contributed by atoms with E-state index in [9.17, 15) is 5.11 Å². The summed E-state index contributed by atoms with van der Waals surface area (Å²) >= 11 is 0. The maximum absolute atomic E-state index is 11.0. The molecule has 1 aliphatic heterocycles. The van der Waals surface area contributed by atoms with E-state index in [0.717, 1.165) is 31.2 Å². The summed E-state index contributed by atoms with van der Waals surface area (Å²) in [5.41, 5.74) is -0.697. The third-order valence-electron chi connectivity index (χ3n) is 6.72. The van der Waals surface area contributed by atoms with Crippen molar-refractivity contribution in [1.82, 2.24) is 5.32 Å². The van der Waals surface area contributed by atoms with Crippen LogP contribution in [0.3, 0.4) is 0 Å². The minimum atomic E-state index is -0.589. The van der Waals surface area contributed by atoms with Crippen molar-refractivity contribution < 1.29 is 14.6 Å². The molecule has 0 radical (unpaired) electrons. The Bertz CT molecular complexity index is 365. The van der Waals surface area contributed by atoms with Crippen LogP contribution in [0.2, 0.25) is 0 Å². The van der Waals surface area contributed by atoms with Crippen LogP contribution >= 0.6 is 0 Å². The van der Waals surface area contributed by atoms with E-state index in [1.54, 1.807) is 0 Å². The molecule has 2 unspecified atom stereocenters. The van der Waals surface area contributed by atoms with Crippen molar-refractivity contribution in [3.8, 4) is 0 Å². The Morgan fingerprint density at radius 3 is 2.27 bits per heavy atom. The van der Waals surface area contributed by atoms with Gasteiger partial charge in [-0.1, -0.05) is 13.8 Å². The molecule has 2 N–H and O–H groups in total. The van der Waals surface area contributed by atoms with Crippen LogP contribution in [-0.4, -0.2) is 49.7 Å². The lowest BCUT2D eigenvalue weighted by atomic mass is 9.70. The van der Waals surface area contributed by atoms with Crippen LogP contribution in [-0.2, 0) is 9.47 Å². The Kier molecular flexibility index (Phi) is 4.84. The quantitative estimate of drug-likeness (QED) is 0.818. The molecule has 2 aliphatic carbocycles. The monoisotopic (exact) mass is 311 g/mol. The number of nitrogens with one attached hydrogen (secondary N) is 1. The summed E-state index contributed by atoms with van der Waals surface area (Å²) in [7, 11) is 1.85. The Hall–Kier alpha value is -0.160. The maximum atomic E-state index is 11.0. The summed E-state index contributed by atoms with van der Waals surface area (Å²) in [6.07, 6.45) is 7.05. The predicted octanol–water partition coefficient (Wildman–Crippen LogP) is 2.35. The highest BCUT2D eigenvalue weighted by molar-refractivity contribution is 4.99. The zero-order chi connectivity index (χ0) is 15.8. The first-order valence-electron chi connectivity index (χ1n) is 9.00. The summed E-state index contributed by atoms with van der Waals surface area (Å²) in [5.74, 6) is 1.69. The highest BCUT2D eigenvalue weighted by Gasteiger charge is 2.46. The zero-order valence-electron chi connectivity index (χ0n) is 14.4. The number of ether oxygens (including phenoxy) is 2. The SMILES string of the molecule is COC1C[C@H]2CC(NCC(C)(C)C3(O)CCOCC3)C[C@H]2C1. The number of aliphatic hydroxyl groups is 1. The first kappa shape index (κ1) is 16.7. The number of rotatable bonds is 5. The molecule has 3 fully saturated rings. The fourth-order valence-electron chi connectivity index (χ4n) is 4.87. The van der Waals surface area contributed by atoms with Gasteiger partial charge in [-0.15, -0.1) is 0 Å². The molecule has 128 valence electrons. The lowest BCUT2D eigenvalue weighted by Crippen LogP contribution is -2.54. The number of fused-ring (bicyclic) bond motifs is 1. The van der Waals surface area contributed by atoms with E-state index in [-0.39, 0.29) is 5.41 Å². The summed E-state index contributed by atoms with van der Waals surface area (Å²) in [4.78, 5) is 0. The Morgan fingerprint density at radius 2 is 1.73 bits per heavy atom. The molecule has 0 spiro atoms. The van der Waals surface area contributed by atoms with Crippen LogP contribution in [0, 0.1) is 17.3 Å². The van der Waals surface area contributed by atoms with Crippen molar-refractivity contribution in [2.75, 3.05) is 26.9 Å². The number of methoxy groups -OCH3 is 1. The highest BCUT2D eigenvalue weighted by atomic mass is 16.5. The van der Waals surface area contributed by atoms with Crippen molar-refractivity contribution in [1.29, 1.82) is 0 Å². The molecule has 0 aromatic heterocycles. The number of hydrogen-bond acceptors (Lipinski definition) is 4. The number of hydrogen-bond donors (Lipinski definition) is 2. The van der Waals surface area contributed by atoms with Gasteiger partial charge in [-0.3, -0.25) is 0 Å². The predicted molar refractivity (Wildman–Crippen MR) is 86.8 cm³/mol. The second-order valence-electron chi connectivity index (χ2n) is 8.43. The van der Waals surface area contributed by atoms with Gasteiger partial charge in [0.05, 0.1) is 11.7 Å². The average molecular weight is 311 g/mol. The van der Waals surface area contributed by atoms with Crippen LogP contribution in [0.15, 0.2) is 0 Å². The van der Waals surface area contributed by atoms with E-state index in [0.29, 0.717) is 25.4 Å². The Balaban J connectivity index is 1.49. The molecule has 1 saturated heterocycles. The first-order valence-corrected chi connectivity index (χ1v) is 9.00. The smallest absolute Gasteiger partial charge is 0.0754 e. The minimum Gasteiger partial charge on any atom is -0.389 e. The molecule has 0 aromatic carbocycles. The van der Waals surface area contributed by atoms with Crippen molar-refractivity contribution >= 4 is 0 Å². The third kappa shape index (κ3) is 3.21. The molecule has 0 amide bonds. The van der Waals surface area contributed by atoms with Crippen molar-refractivity contribution in [3.63, 3.8) is 0 Å². The second kappa shape index (κ2) is 6.39. The maximum Gasteiger partial charge on any atom is 0.0754 e. The topological polar surface area (TPSA) is 50.7 Å². The van der Waals surface area contributed by atoms with Crippen LogP contribution in [0.4, 0.5) is 0 Å². The lowest BCUT2D eigenvalue weighted by molar-refractivity contribution is -0.131. The highest BCUT2D eigenvalue weighted by Crippen LogP contribution is 2.45. The van der Waals surface area contributed by atoms with Crippen LogP contribution in [0.25, 0.3) is 0 Å². The van der Waals surface area contributed by atoms with Gasteiger partial charge in [0.25, 0.3) is 0 Å². The molecule has 3 rings (SSSR count). The van der Waals surface area contributed by atoms with E-state index in [1.807, 2.05) is 7.11 Å². The molecule has 1 heterocycles. The molecule has 0 bridgehead atoms. The van der Waals surface area contributed by atoms with E-state index < -0.39 is 5.60 Å². The van der Waals surface area contributed by atoms with Gasteiger partial charge < -0.3 is 19.9 Å². The minimum absolute atomic E-state index is 0.108. The third-order valence-corrected chi connectivity index (χ3v) is 6.72. The summed E-state index contributed by atoms with van der Waals surface area (Å²) in [5, 5.41) is 14.7. The van der Waals surface area contributed by atoms with Gasteiger partial charge in [-0.2, -0.15) is 0 Å². The van der Waals surface area contributed by atoms with Gasteiger partial charge in [-0.25, -0.2) is 0 Å². The van der Waals surface area contributed by atoms with E-state index in [1.165, 1.54) is 25.7 Å². The lowest BCUT2D eigenvalue weighted by Gasteiger charge is -2.45. The van der Waals surface area contributed by atoms with E-state index >= 15 is 0 Å². The van der Waals surface area contributed by atoms with Crippen LogP contribution < -0.4 is 5.32 Å². The standard InChI is InChI=1S/C18H33NO3/c1-17(2,18(20)4-6-22-7-5-18)12-19-15-8-13-10-16(21-3)11-14(13)9-15/h13-16,19-20H,4-12H2,1-3H3/t13-,14+,15?,16?. The van der Waals surface area contributed by atoms with Gasteiger partial charge in [0.2, 0.25) is 0 Å². The average Bonchev–Trinajstić information content (AvgIpc) is 3.03. The van der Waals surface area contributed by atoms with Gasteiger partial charge in [0, 0.05) is 51.2 Å². The molecular weight excluding hydrogens is 278 g/mol. The molecule has 0 aromatic rings. The van der Waals surface area contributed by atoms with Gasteiger partial charge in [-0.05, 0) is 37.5 Å². The van der Waals surface area contributed by atoms with E-state index in [2.05, 4.69) is 19.2 Å². The Morgan fingerprint density at radius 1 is 1.14 bits per heavy atom. The van der Waals surface area contributed by atoms with Crippen molar-refractivity contribution in [2.45, 2.75) is 70.1 Å². The molecule has 4 nitrogen and oxygen atoms in total. The fourth-order valence-corrected chi connectivity index (χ4v) is 4.87. The molecule has 4 heteroatoms. The molecule has 4 atom stereocenters. The van der Waals surface area contributed by atoms with Crippen molar-refractivity contribution in [2.24, 2.45) is 17.3 Å². The molecule has 22 heavy (non-hydrogen) atoms. The zero-order valence-corrected chi connectivity index (χ0v) is 14.4. The summed E-state index contributed by atoms with van der Waals surface area (Å²) in [6.45, 7) is 6.66. The van der Waals surface area contributed by atoms with Gasteiger partial charge >= 0.3 is 0 Å².